The second-order valence-corrected chi connectivity index (χ2v) is 7.08. The van der Waals surface area contributed by atoms with Gasteiger partial charge in [0.05, 0.1) is 0 Å². The van der Waals surface area contributed by atoms with Gasteiger partial charge in [-0.1, -0.05) is 33.3 Å². The van der Waals surface area contributed by atoms with E-state index in [-0.39, 0.29) is 11.5 Å². The summed E-state index contributed by atoms with van der Waals surface area (Å²) in [5.74, 6) is 1.12. The summed E-state index contributed by atoms with van der Waals surface area (Å²) >= 11 is 0. The molecule has 0 radical (unpaired) electrons. The summed E-state index contributed by atoms with van der Waals surface area (Å²) in [6.07, 6.45) is 6.26. The molecule has 3 heteroatoms. The zero-order chi connectivity index (χ0) is 15.5. The Labute approximate surface area is 128 Å². The van der Waals surface area contributed by atoms with E-state index in [1.165, 1.54) is 38.2 Å². The van der Waals surface area contributed by atoms with Gasteiger partial charge in [-0.25, -0.2) is 0 Å². The first kappa shape index (κ1) is 16.2. The van der Waals surface area contributed by atoms with E-state index in [1.807, 2.05) is 0 Å². The molecule has 0 unspecified atom stereocenters. The molecule has 0 aromatic heterocycles. The molecule has 0 spiro atoms. The summed E-state index contributed by atoms with van der Waals surface area (Å²) in [5.41, 5.74) is 1.31. The molecular weight excluding hydrogens is 262 g/mol. The zero-order valence-corrected chi connectivity index (χ0v) is 13.5. The number of rotatable bonds is 5. The maximum Gasteiger partial charge on any atom is 0.123 e. The van der Waals surface area contributed by atoms with Crippen LogP contribution < -0.4 is 5.32 Å². The Morgan fingerprint density at radius 2 is 1.81 bits per heavy atom. The van der Waals surface area contributed by atoms with E-state index in [4.69, 9.17) is 0 Å². The number of hydrogen-bond donors (Lipinski definition) is 3. The molecule has 118 valence electrons. The molecule has 3 N–H and O–H groups in total. The third-order valence-electron chi connectivity index (χ3n) is 5.39. The number of phenols is 2. The molecule has 3 nitrogen and oxygen atoms in total. The average Bonchev–Trinajstić information content (AvgIpc) is 2.47. The smallest absolute Gasteiger partial charge is 0.123 e. The van der Waals surface area contributed by atoms with Gasteiger partial charge in [-0.15, -0.1) is 0 Å². The second kappa shape index (κ2) is 6.69. The molecule has 1 aromatic carbocycles. The highest BCUT2D eigenvalue weighted by Crippen LogP contribution is 2.40. The van der Waals surface area contributed by atoms with E-state index >= 15 is 0 Å². The van der Waals surface area contributed by atoms with E-state index in [9.17, 15) is 10.2 Å². The van der Waals surface area contributed by atoms with Gasteiger partial charge in [0.25, 0.3) is 0 Å². The van der Waals surface area contributed by atoms with Crippen molar-refractivity contribution in [1.82, 2.24) is 5.32 Å². The lowest BCUT2D eigenvalue weighted by molar-refractivity contribution is 0.136. The van der Waals surface area contributed by atoms with Crippen LogP contribution in [0.3, 0.4) is 0 Å². The van der Waals surface area contributed by atoms with Gasteiger partial charge in [-0.2, -0.15) is 0 Å². The number of benzene rings is 1. The highest BCUT2D eigenvalue weighted by atomic mass is 16.3. The molecule has 1 fully saturated rings. The van der Waals surface area contributed by atoms with E-state index in [0.29, 0.717) is 18.0 Å². The maximum atomic E-state index is 9.80. The topological polar surface area (TPSA) is 52.5 Å². The molecule has 0 aliphatic heterocycles. The van der Waals surface area contributed by atoms with E-state index in [2.05, 4.69) is 26.1 Å². The van der Waals surface area contributed by atoms with Gasteiger partial charge >= 0.3 is 0 Å². The van der Waals surface area contributed by atoms with Gasteiger partial charge < -0.3 is 15.5 Å². The third-order valence-corrected chi connectivity index (χ3v) is 5.39. The van der Waals surface area contributed by atoms with Crippen molar-refractivity contribution in [2.75, 3.05) is 0 Å². The molecular formula is C18H29NO2. The van der Waals surface area contributed by atoms with Crippen molar-refractivity contribution in [2.45, 2.75) is 65.5 Å². The molecule has 0 amide bonds. The van der Waals surface area contributed by atoms with Crippen LogP contribution in [-0.4, -0.2) is 16.3 Å². The van der Waals surface area contributed by atoms with Gasteiger partial charge in [0.1, 0.15) is 11.5 Å². The monoisotopic (exact) mass is 291 g/mol. The highest BCUT2D eigenvalue weighted by Gasteiger charge is 2.31. The minimum absolute atomic E-state index is 0.110. The first-order chi connectivity index (χ1) is 9.92. The van der Waals surface area contributed by atoms with Crippen LogP contribution in [-0.2, 0) is 6.54 Å². The van der Waals surface area contributed by atoms with Crippen molar-refractivity contribution in [1.29, 1.82) is 0 Å². The number of hydrogen-bond acceptors (Lipinski definition) is 3. The quantitative estimate of drug-likeness (QED) is 0.762. The minimum atomic E-state index is 0.110. The Balaban J connectivity index is 1.81. The van der Waals surface area contributed by atoms with E-state index < -0.39 is 0 Å². The molecule has 1 aliphatic rings. The lowest BCUT2D eigenvalue weighted by Gasteiger charge is -2.39. The lowest BCUT2D eigenvalue weighted by atomic mass is 9.69. The first-order valence-electron chi connectivity index (χ1n) is 8.16. The van der Waals surface area contributed by atoms with Gasteiger partial charge in [0, 0.05) is 24.2 Å². The van der Waals surface area contributed by atoms with Crippen molar-refractivity contribution in [3.05, 3.63) is 23.8 Å². The Morgan fingerprint density at radius 1 is 1.14 bits per heavy atom. The van der Waals surface area contributed by atoms with Crippen LogP contribution in [0.2, 0.25) is 0 Å². The van der Waals surface area contributed by atoms with Gasteiger partial charge in [-0.05, 0) is 43.1 Å². The normalized spacial score (nSPS) is 23.2. The van der Waals surface area contributed by atoms with Crippen LogP contribution >= 0.6 is 0 Å². The molecule has 0 saturated heterocycles. The summed E-state index contributed by atoms with van der Waals surface area (Å²) < 4.78 is 0. The van der Waals surface area contributed by atoms with Crippen molar-refractivity contribution in [2.24, 2.45) is 11.3 Å². The fourth-order valence-corrected chi connectivity index (χ4v) is 3.32. The number of phenolic OH excluding ortho intramolecular Hbond substituents is 2. The van der Waals surface area contributed by atoms with Gasteiger partial charge in [0.2, 0.25) is 0 Å². The summed E-state index contributed by atoms with van der Waals surface area (Å²) in [5, 5.41) is 22.7. The van der Waals surface area contributed by atoms with Crippen LogP contribution in [0.4, 0.5) is 0 Å². The van der Waals surface area contributed by atoms with Crippen LogP contribution in [0.15, 0.2) is 18.2 Å². The third kappa shape index (κ3) is 4.13. The Kier molecular flexibility index (Phi) is 5.15. The second-order valence-electron chi connectivity index (χ2n) is 7.08. The lowest BCUT2D eigenvalue weighted by Crippen LogP contribution is -2.36. The van der Waals surface area contributed by atoms with Crippen LogP contribution in [0, 0.1) is 11.3 Å². The highest BCUT2D eigenvalue weighted by molar-refractivity contribution is 5.38. The van der Waals surface area contributed by atoms with Crippen molar-refractivity contribution in [3.8, 4) is 11.5 Å². The van der Waals surface area contributed by atoms with E-state index in [0.717, 1.165) is 11.5 Å². The SMILES string of the molecule is CCC(C)(C)C1CCC(NCc2ccc(O)cc2O)CC1. The predicted molar refractivity (Wildman–Crippen MR) is 86.4 cm³/mol. The van der Waals surface area contributed by atoms with Crippen molar-refractivity contribution in [3.63, 3.8) is 0 Å². The summed E-state index contributed by atoms with van der Waals surface area (Å²) in [7, 11) is 0. The number of aromatic hydroxyl groups is 2. The van der Waals surface area contributed by atoms with Gasteiger partial charge in [-0.3, -0.25) is 0 Å². The maximum absolute atomic E-state index is 9.80. The Bertz CT molecular complexity index is 462. The molecule has 1 aliphatic carbocycles. The van der Waals surface area contributed by atoms with E-state index in [1.54, 1.807) is 12.1 Å². The predicted octanol–water partition coefficient (Wildman–Crippen LogP) is 4.18. The van der Waals surface area contributed by atoms with Crippen molar-refractivity contribution >= 4 is 0 Å². The fraction of sp³-hybridized carbons (Fsp3) is 0.667. The fourth-order valence-electron chi connectivity index (χ4n) is 3.32. The van der Waals surface area contributed by atoms with Crippen LogP contribution in [0.5, 0.6) is 11.5 Å². The summed E-state index contributed by atoms with van der Waals surface area (Å²) in [6, 6.07) is 5.35. The van der Waals surface area contributed by atoms with Crippen molar-refractivity contribution < 1.29 is 10.2 Å². The molecule has 0 heterocycles. The van der Waals surface area contributed by atoms with Gasteiger partial charge in [0.15, 0.2) is 0 Å². The molecule has 1 saturated carbocycles. The average molecular weight is 291 g/mol. The molecule has 21 heavy (non-hydrogen) atoms. The number of nitrogens with one attached hydrogen (secondary N) is 1. The van der Waals surface area contributed by atoms with Crippen LogP contribution in [0.25, 0.3) is 0 Å². The zero-order valence-electron chi connectivity index (χ0n) is 13.5. The largest absolute Gasteiger partial charge is 0.508 e. The minimum Gasteiger partial charge on any atom is -0.508 e. The summed E-state index contributed by atoms with van der Waals surface area (Å²) in [6.45, 7) is 7.73. The molecule has 2 rings (SSSR count). The Morgan fingerprint density at radius 3 is 2.38 bits per heavy atom. The standard InChI is InChI=1S/C18H29NO2/c1-4-18(2,3)14-6-8-15(9-7-14)19-12-13-5-10-16(20)11-17(13)21/h5,10-11,14-15,19-21H,4,6-9,12H2,1-3H3. The first-order valence-corrected chi connectivity index (χ1v) is 8.16. The Hall–Kier alpha value is -1.22. The molecule has 0 bridgehead atoms. The molecule has 0 atom stereocenters. The molecule has 1 aromatic rings. The summed E-state index contributed by atoms with van der Waals surface area (Å²) in [4.78, 5) is 0. The van der Waals surface area contributed by atoms with Crippen LogP contribution in [0.1, 0.15) is 58.4 Å².